The largest absolute Gasteiger partial charge is 0.506 e. The number of carbonyl (C=O) groups is 1. The first kappa shape index (κ1) is 13.1. The van der Waals surface area contributed by atoms with Gasteiger partial charge in [0.25, 0.3) is 5.91 Å². The van der Waals surface area contributed by atoms with Crippen LogP contribution in [0.15, 0.2) is 18.2 Å². The van der Waals surface area contributed by atoms with E-state index in [0.29, 0.717) is 5.56 Å². The minimum Gasteiger partial charge on any atom is -0.506 e. The lowest BCUT2D eigenvalue weighted by Crippen LogP contribution is -2.46. The number of alkyl halides is 1. The van der Waals surface area contributed by atoms with E-state index in [1.165, 1.54) is 12.1 Å². The van der Waals surface area contributed by atoms with Crippen molar-refractivity contribution < 1.29 is 9.90 Å². The molecule has 1 aromatic rings. The molecule has 2 heterocycles. The van der Waals surface area contributed by atoms with Crippen molar-refractivity contribution in [3.05, 3.63) is 28.8 Å². The van der Waals surface area contributed by atoms with Gasteiger partial charge in [-0.1, -0.05) is 11.6 Å². The third-order valence-corrected chi connectivity index (χ3v) is 4.76. The SMILES string of the molecule is O=C(c1ccc(O)c(Cl)c1)N1C2CCC1CC(Cl)C2. The summed E-state index contributed by atoms with van der Waals surface area (Å²) in [6, 6.07) is 5.12. The molecule has 1 aromatic carbocycles. The van der Waals surface area contributed by atoms with Gasteiger partial charge in [-0.25, -0.2) is 0 Å². The second-order valence-corrected chi connectivity index (χ2v) is 6.36. The van der Waals surface area contributed by atoms with Gasteiger partial charge in [0, 0.05) is 23.0 Å². The van der Waals surface area contributed by atoms with Crippen LogP contribution in [0.3, 0.4) is 0 Å². The van der Waals surface area contributed by atoms with Crippen LogP contribution in [0.25, 0.3) is 0 Å². The fourth-order valence-electron chi connectivity index (χ4n) is 3.23. The molecular formula is C14H15Cl2NO2. The average Bonchev–Trinajstić information content (AvgIpc) is 2.64. The molecule has 5 heteroatoms. The number of phenols is 1. The summed E-state index contributed by atoms with van der Waals surface area (Å²) in [6.45, 7) is 0. The fourth-order valence-corrected chi connectivity index (χ4v) is 3.82. The molecule has 2 aliphatic heterocycles. The number of rotatable bonds is 1. The minimum absolute atomic E-state index is 0.000606. The monoisotopic (exact) mass is 299 g/mol. The number of fused-ring (bicyclic) bond motifs is 2. The molecule has 2 unspecified atom stereocenters. The highest BCUT2D eigenvalue weighted by Gasteiger charge is 2.42. The van der Waals surface area contributed by atoms with Gasteiger partial charge in [0.1, 0.15) is 5.75 Å². The standard InChI is InChI=1S/C14H15Cl2NO2/c15-9-6-10-2-3-11(7-9)17(10)14(19)8-1-4-13(18)12(16)5-8/h1,4-5,9-11,18H,2-3,6-7H2. The van der Waals surface area contributed by atoms with E-state index in [-0.39, 0.29) is 34.1 Å². The lowest BCUT2D eigenvalue weighted by molar-refractivity contribution is 0.0599. The van der Waals surface area contributed by atoms with Crippen LogP contribution in [0, 0.1) is 0 Å². The predicted octanol–water partition coefficient (Wildman–Crippen LogP) is 3.42. The zero-order chi connectivity index (χ0) is 13.6. The molecule has 19 heavy (non-hydrogen) atoms. The molecule has 0 aliphatic carbocycles. The predicted molar refractivity (Wildman–Crippen MR) is 75.0 cm³/mol. The van der Waals surface area contributed by atoms with Crippen molar-refractivity contribution >= 4 is 29.1 Å². The molecule has 2 bridgehead atoms. The Morgan fingerprint density at radius 1 is 1.26 bits per heavy atom. The maximum atomic E-state index is 12.6. The Kier molecular flexibility index (Phi) is 3.35. The number of aromatic hydroxyl groups is 1. The molecule has 0 saturated carbocycles. The summed E-state index contributed by atoms with van der Waals surface area (Å²) in [6.07, 6.45) is 3.81. The average molecular weight is 300 g/mol. The Morgan fingerprint density at radius 2 is 1.89 bits per heavy atom. The molecule has 2 fully saturated rings. The van der Waals surface area contributed by atoms with E-state index < -0.39 is 0 Å². The zero-order valence-electron chi connectivity index (χ0n) is 10.4. The highest BCUT2D eigenvalue weighted by Crippen LogP contribution is 2.39. The summed E-state index contributed by atoms with van der Waals surface area (Å²) < 4.78 is 0. The quantitative estimate of drug-likeness (QED) is 0.807. The van der Waals surface area contributed by atoms with E-state index in [1.807, 2.05) is 4.90 Å². The van der Waals surface area contributed by atoms with Crippen LogP contribution in [0.4, 0.5) is 0 Å². The van der Waals surface area contributed by atoms with Crippen molar-refractivity contribution in [2.45, 2.75) is 43.1 Å². The number of phenolic OH excluding ortho intramolecular Hbond substituents is 1. The first-order valence-electron chi connectivity index (χ1n) is 6.51. The summed E-state index contributed by atoms with van der Waals surface area (Å²) >= 11 is 12.1. The van der Waals surface area contributed by atoms with Gasteiger partial charge in [-0.05, 0) is 43.9 Å². The van der Waals surface area contributed by atoms with Crippen LogP contribution >= 0.6 is 23.2 Å². The Hall–Kier alpha value is -0.930. The van der Waals surface area contributed by atoms with Crippen molar-refractivity contribution in [1.29, 1.82) is 0 Å². The van der Waals surface area contributed by atoms with Crippen LogP contribution < -0.4 is 0 Å². The van der Waals surface area contributed by atoms with Crippen LogP contribution in [-0.4, -0.2) is 33.4 Å². The highest BCUT2D eigenvalue weighted by atomic mass is 35.5. The van der Waals surface area contributed by atoms with Gasteiger partial charge in [0.15, 0.2) is 0 Å². The van der Waals surface area contributed by atoms with Crippen LogP contribution in [0.5, 0.6) is 5.75 Å². The molecule has 0 spiro atoms. The second-order valence-electron chi connectivity index (χ2n) is 5.33. The van der Waals surface area contributed by atoms with Gasteiger partial charge in [-0.15, -0.1) is 11.6 Å². The number of piperidine rings is 1. The molecule has 0 radical (unpaired) electrons. The van der Waals surface area contributed by atoms with E-state index in [9.17, 15) is 9.90 Å². The van der Waals surface area contributed by atoms with Crippen molar-refractivity contribution in [1.82, 2.24) is 4.90 Å². The lowest BCUT2D eigenvalue weighted by atomic mass is 10.0. The number of benzene rings is 1. The van der Waals surface area contributed by atoms with E-state index in [1.54, 1.807) is 6.07 Å². The number of halogens is 2. The van der Waals surface area contributed by atoms with E-state index in [4.69, 9.17) is 23.2 Å². The lowest BCUT2D eigenvalue weighted by Gasteiger charge is -2.37. The number of carbonyl (C=O) groups excluding carboxylic acids is 1. The Morgan fingerprint density at radius 3 is 2.47 bits per heavy atom. The molecule has 1 N–H and O–H groups in total. The van der Waals surface area contributed by atoms with Gasteiger partial charge >= 0.3 is 0 Å². The molecule has 1 amide bonds. The van der Waals surface area contributed by atoms with Crippen molar-refractivity contribution in [2.24, 2.45) is 0 Å². The number of nitrogens with zero attached hydrogens (tertiary/aromatic N) is 1. The third-order valence-electron chi connectivity index (χ3n) is 4.10. The van der Waals surface area contributed by atoms with Gasteiger partial charge in [-0.2, -0.15) is 0 Å². The Bertz CT molecular complexity index is 506. The molecule has 102 valence electrons. The van der Waals surface area contributed by atoms with Crippen molar-refractivity contribution in [2.75, 3.05) is 0 Å². The van der Waals surface area contributed by atoms with Crippen LogP contribution in [-0.2, 0) is 0 Å². The third kappa shape index (κ3) is 2.30. The molecule has 2 saturated heterocycles. The van der Waals surface area contributed by atoms with E-state index >= 15 is 0 Å². The van der Waals surface area contributed by atoms with Crippen LogP contribution in [0.2, 0.25) is 5.02 Å². The number of hydrogen-bond donors (Lipinski definition) is 1. The van der Waals surface area contributed by atoms with Crippen LogP contribution in [0.1, 0.15) is 36.0 Å². The Balaban J connectivity index is 1.86. The van der Waals surface area contributed by atoms with Crippen molar-refractivity contribution in [3.8, 4) is 5.75 Å². The molecule has 3 nitrogen and oxygen atoms in total. The number of hydrogen-bond acceptors (Lipinski definition) is 2. The highest BCUT2D eigenvalue weighted by molar-refractivity contribution is 6.32. The summed E-state index contributed by atoms with van der Waals surface area (Å²) in [5.74, 6) is -0.00128. The molecule has 2 atom stereocenters. The normalized spacial score (nSPS) is 29.6. The summed E-state index contributed by atoms with van der Waals surface area (Å²) in [5, 5.41) is 9.81. The maximum absolute atomic E-state index is 12.6. The first-order chi connectivity index (χ1) is 9.06. The second kappa shape index (κ2) is 4.88. The first-order valence-corrected chi connectivity index (χ1v) is 7.33. The zero-order valence-corrected chi connectivity index (χ0v) is 11.9. The van der Waals surface area contributed by atoms with Gasteiger partial charge in [0.05, 0.1) is 5.02 Å². The fraction of sp³-hybridized carbons (Fsp3) is 0.500. The summed E-state index contributed by atoms with van der Waals surface area (Å²) in [5.41, 5.74) is 0.535. The topological polar surface area (TPSA) is 40.5 Å². The smallest absolute Gasteiger partial charge is 0.254 e. The van der Waals surface area contributed by atoms with Gasteiger partial charge < -0.3 is 10.0 Å². The maximum Gasteiger partial charge on any atom is 0.254 e. The number of amides is 1. The summed E-state index contributed by atoms with van der Waals surface area (Å²) in [7, 11) is 0. The molecular weight excluding hydrogens is 285 g/mol. The van der Waals surface area contributed by atoms with E-state index in [0.717, 1.165) is 25.7 Å². The molecule has 2 aliphatic rings. The van der Waals surface area contributed by atoms with Gasteiger partial charge in [0.2, 0.25) is 0 Å². The minimum atomic E-state index is -0.00188. The van der Waals surface area contributed by atoms with Gasteiger partial charge in [-0.3, -0.25) is 4.79 Å². The van der Waals surface area contributed by atoms with Crippen molar-refractivity contribution in [3.63, 3.8) is 0 Å². The molecule has 0 aromatic heterocycles. The van der Waals surface area contributed by atoms with E-state index in [2.05, 4.69) is 0 Å². The molecule has 3 rings (SSSR count). The summed E-state index contributed by atoms with van der Waals surface area (Å²) in [4.78, 5) is 14.5. The Labute approximate surface area is 122 Å².